The Hall–Kier alpha value is -0.570. The Bertz CT molecular complexity index is 257. The third-order valence-electron chi connectivity index (χ3n) is 3.55. The van der Waals surface area contributed by atoms with Crippen molar-refractivity contribution in [3.8, 4) is 0 Å². The van der Waals surface area contributed by atoms with Crippen molar-refractivity contribution < 1.29 is 4.79 Å². The van der Waals surface area contributed by atoms with Gasteiger partial charge >= 0.3 is 0 Å². The number of nitrogens with zero attached hydrogens (tertiary/aromatic N) is 1. The minimum atomic E-state index is -0.146. The van der Waals surface area contributed by atoms with Gasteiger partial charge in [0, 0.05) is 5.54 Å². The van der Waals surface area contributed by atoms with Crippen LogP contribution < -0.4 is 5.32 Å². The van der Waals surface area contributed by atoms with Crippen molar-refractivity contribution in [3.63, 3.8) is 0 Å². The molecule has 1 amide bonds. The number of carbonyl (C=O) groups excluding carboxylic acids is 1. The lowest BCUT2D eigenvalue weighted by Crippen LogP contribution is -2.56. The minimum Gasteiger partial charge on any atom is -0.350 e. The van der Waals surface area contributed by atoms with Crippen LogP contribution in [0.3, 0.4) is 0 Å². The zero-order valence-corrected chi connectivity index (χ0v) is 10.1. The van der Waals surface area contributed by atoms with Crippen LogP contribution in [0.25, 0.3) is 0 Å². The highest BCUT2D eigenvalue weighted by Gasteiger charge is 2.50. The Balaban J connectivity index is 2.11. The van der Waals surface area contributed by atoms with Crippen LogP contribution in [0.15, 0.2) is 0 Å². The number of hydrogen-bond acceptors (Lipinski definition) is 2. The van der Waals surface area contributed by atoms with Gasteiger partial charge < -0.3 is 5.32 Å². The molecule has 0 aromatic carbocycles. The summed E-state index contributed by atoms with van der Waals surface area (Å²) >= 11 is 0. The number of fused-ring (bicyclic) bond motifs is 1. The first-order chi connectivity index (χ1) is 6.94. The summed E-state index contributed by atoms with van der Waals surface area (Å²) in [6, 6.07) is 0. The number of rotatable bonds is 1. The van der Waals surface area contributed by atoms with Crippen LogP contribution in [0, 0.1) is 0 Å². The maximum atomic E-state index is 12.3. The van der Waals surface area contributed by atoms with Crippen molar-refractivity contribution in [1.82, 2.24) is 10.2 Å². The third-order valence-corrected chi connectivity index (χ3v) is 3.55. The van der Waals surface area contributed by atoms with E-state index in [1.165, 1.54) is 12.8 Å². The molecule has 3 heteroatoms. The molecule has 0 aromatic heterocycles. The second kappa shape index (κ2) is 3.48. The Morgan fingerprint density at radius 2 is 1.73 bits per heavy atom. The molecule has 0 bridgehead atoms. The van der Waals surface area contributed by atoms with Gasteiger partial charge in [-0.1, -0.05) is 0 Å². The second-order valence-electron chi connectivity index (χ2n) is 5.93. The molecule has 2 rings (SSSR count). The van der Waals surface area contributed by atoms with Gasteiger partial charge in [-0.2, -0.15) is 0 Å². The fourth-order valence-corrected chi connectivity index (χ4v) is 2.93. The average molecular weight is 210 g/mol. The first kappa shape index (κ1) is 10.9. The molecule has 2 saturated heterocycles. The van der Waals surface area contributed by atoms with Crippen molar-refractivity contribution >= 4 is 5.91 Å². The van der Waals surface area contributed by atoms with Gasteiger partial charge in [0.15, 0.2) is 0 Å². The van der Waals surface area contributed by atoms with Crippen LogP contribution >= 0.6 is 0 Å². The molecule has 3 nitrogen and oxygen atoms in total. The summed E-state index contributed by atoms with van der Waals surface area (Å²) in [5, 5.41) is 3.14. The molecule has 2 fully saturated rings. The number of hydrogen-bond donors (Lipinski definition) is 1. The molecule has 2 heterocycles. The van der Waals surface area contributed by atoms with Crippen LogP contribution in [0.5, 0.6) is 0 Å². The second-order valence-corrected chi connectivity index (χ2v) is 5.93. The first-order valence-corrected chi connectivity index (χ1v) is 6.02. The molecule has 0 aliphatic carbocycles. The van der Waals surface area contributed by atoms with Crippen molar-refractivity contribution in [2.24, 2.45) is 0 Å². The summed E-state index contributed by atoms with van der Waals surface area (Å²) in [5.74, 6) is 0.255. The summed E-state index contributed by atoms with van der Waals surface area (Å²) in [6.45, 7) is 8.37. The van der Waals surface area contributed by atoms with Crippen molar-refractivity contribution in [1.29, 1.82) is 0 Å². The van der Waals surface area contributed by atoms with Gasteiger partial charge in [-0.15, -0.1) is 0 Å². The van der Waals surface area contributed by atoms with E-state index in [-0.39, 0.29) is 17.0 Å². The lowest BCUT2D eigenvalue weighted by atomic mass is 9.91. The van der Waals surface area contributed by atoms with Crippen LogP contribution in [0.1, 0.15) is 46.5 Å². The molecule has 0 unspecified atom stereocenters. The van der Waals surface area contributed by atoms with Gasteiger partial charge in [-0.3, -0.25) is 9.69 Å². The zero-order chi connectivity index (χ0) is 11.1. The standard InChI is InChI=1S/C12H22N2O/c1-11(2,3)13-10(15)12-6-4-8-14(12)9-5-7-12/h4-9H2,1-3H3,(H,13,15). The zero-order valence-electron chi connectivity index (χ0n) is 10.1. The molecule has 0 radical (unpaired) electrons. The maximum Gasteiger partial charge on any atom is 0.240 e. The summed E-state index contributed by atoms with van der Waals surface area (Å²) in [6.07, 6.45) is 4.46. The van der Waals surface area contributed by atoms with E-state index in [2.05, 4.69) is 31.0 Å². The highest BCUT2D eigenvalue weighted by molar-refractivity contribution is 5.87. The van der Waals surface area contributed by atoms with Crippen molar-refractivity contribution in [2.45, 2.75) is 57.5 Å². The van der Waals surface area contributed by atoms with Gasteiger partial charge in [0.2, 0.25) is 5.91 Å². The van der Waals surface area contributed by atoms with Crippen molar-refractivity contribution in [3.05, 3.63) is 0 Å². The molecular weight excluding hydrogens is 188 g/mol. The van der Waals surface area contributed by atoms with E-state index in [1.807, 2.05) is 0 Å². The van der Waals surface area contributed by atoms with Crippen LogP contribution in [0.2, 0.25) is 0 Å². The molecular formula is C12H22N2O. The van der Waals surface area contributed by atoms with E-state index in [1.54, 1.807) is 0 Å². The number of carbonyl (C=O) groups is 1. The number of amides is 1. The van der Waals surface area contributed by atoms with Gasteiger partial charge in [-0.05, 0) is 59.5 Å². The highest BCUT2D eigenvalue weighted by atomic mass is 16.2. The molecule has 0 saturated carbocycles. The summed E-state index contributed by atoms with van der Waals surface area (Å²) in [7, 11) is 0. The predicted molar refractivity (Wildman–Crippen MR) is 60.7 cm³/mol. The van der Waals surface area contributed by atoms with E-state index in [0.29, 0.717) is 0 Å². The molecule has 2 aliphatic heterocycles. The lowest BCUT2D eigenvalue weighted by Gasteiger charge is -2.34. The summed E-state index contributed by atoms with van der Waals surface area (Å²) < 4.78 is 0. The fraction of sp³-hybridized carbons (Fsp3) is 0.917. The van der Waals surface area contributed by atoms with E-state index in [9.17, 15) is 4.79 Å². The largest absolute Gasteiger partial charge is 0.350 e. The Morgan fingerprint density at radius 1 is 1.20 bits per heavy atom. The predicted octanol–water partition coefficient (Wildman–Crippen LogP) is 1.53. The van der Waals surface area contributed by atoms with E-state index >= 15 is 0 Å². The molecule has 0 atom stereocenters. The molecule has 0 aromatic rings. The quantitative estimate of drug-likeness (QED) is 0.712. The smallest absolute Gasteiger partial charge is 0.240 e. The lowest BCUT2D eigenvalue weighted by molar-refractivity contribution is -0.131. The van der Waals surface area contributed by atoms with Crippen LogP contribution in [0.4, 0.5) is 0 Å². The minimum absolute atomic E-state index is 0.108. The molecule has 1 N–H and O–H groups in total. The van der Waals surface area contributed by atoms with Gasteiger partial charge in [0.1, 0.15) is 5.54 Å². The van der Waals surface area contributed by atoms with E-state index < -0.39 is 0 Å². The highest BCUT2D eigenvalue weighted by Crippen LogP contribution is 2.39. The first-order valence-electron chi connectivity index (χ1n) is 6.02. The third kappa shape index (κ3) is 1.89. The average Bonchev–Trinajstić information content (AvgIpc) is 2.55. The Labute approximate surface area is 92.2 Å². The SMILES string of the molecule is CC(C)(C)NC(=O)C12CCCN1CCC2. The van der Waals surface area contributed by atoms with E-state index in [4.69, 9.17) is 0 Å². The monoisotopic (exact) mass is 210 g/mol. The molecule has 15 heavy (non-hydrogen) atoms. The summed E-state index contributed by atoms with van der Waals surface area (Å²) in [4.78, 5) is 14.7. The normalized spacial score (nSPS) is 25.3. The van der Waals surface area contributed by atoms with Gasteiger partial charge in [0.25, 0.3) is 0 Å². The van der Waals surface area contributed by atoms with E-state index in [0.717, 1.165) is 25.9 Å². The Kier molecular flexibility index (Phi) is 2.53. The maximum absolute atomic E-state index is 12.3. The topological polar surface area (TPSA) is 32.3 Å². The summed E-state index contributed by atoms with van der Waals surface area (Å²) in [5.41, 5.74) is -0.254. The molecule has 2 aliphatic rings. The number of nitrogens with one attached hydrogen (secondary N) is 1. The van der Waals surface area contributed by atoms with Crippen LogP contribution in [-0.2, 0) is 4.79 Å². The molecule has 0 spiro atoms. The Morgan fingerprint density at radius 3 is 2.20 bits per heavy atom. The fourth-order valence-electron chi connectivity index (χ4n) is 2.93. The molecule has 86 valence electrons. The van der Waals surface area contributed by atoms with Gasteiger partial charge in [-0.25, -0.2) is 0 Å². The van der Waals surface area contributed by atoms with Crippen LogP contribution in [-0.4, -0.2) is 35.0 Å². The van der Waals surface area contributed by atoms with Crippen molar-refractivity contribution in [2.75, 3.05) is 13.1 Å². The van der Waals surface area contributed by atoms with Gasteiger partial charge in [0.05, 0.1) is 0 Å².